The summed E-state index contributed by atoms with van der Waals surface area (Å²) in [6.45, 7) is 2.56. The summed E-state index contributed by atoms with van der Waals surface area (Å²) in [5.41, 5.74) is 1.82. The third kappa shape index (κ3) is 1.89. The molecule has 0 unspecified atom stereocenters. The highest BCUT2D eigenvalue weighted by molar-refractivity contribution is 5.96. The zero-order chi connectivity index (χ0) is 11.5. The minimum atomic E-state index is -0.0242. The zero-order valence-electron chi connectivity index (χ0n) is 9.53. The van der Waals surface area contributed by atoms with Crippen molar-refractivity contribution in [3.63, 3.8) is 0 Å². The number of carbonyl (C=O) groups is 1. The summed E-state index contributed by atoms with van der Waals surface area (Å²) >= 11 is 0. The summed E-state index contributed by atoms with van der Waals surface area (Å²) in [4.78, 5) is 11.7. The summed E-state index contributed by atoms with van der Waals surface area (Å²) < 4.78 is 1.97. The van der Waals surface area contributed by atoms with E-state index in [-0.39, 0.29) is 5.91 Å². The summed E-state index contributed by atoms with van der Waals surface area (Å²) in [5, 5.41) is 3.88. The molecule has 2 rings (SSSR count). The van der Waals surface area contributed by atoms with E-state index in [2.05, 4.69) is 5.32 Å². The number of nitrogens with zero attached hydrogens (tertiary/aromatic N) is 1. The van der Waals surface area contributed by atoms with E-state index in [1.807, 2.05) is 55.1 Å². The number of aryl methyl sites for hydroxylation is 1. The Bertz CT molecular complexity index is 534. The highest BCUT2D eigenvalue weighted by atomic mass is 16.1. The second kappa shape index (κ2) is 4.31. The number of amides is 1. The van der Waals surface area contributed by atoms with Crippen molar-refractivity contribution in [2.24, 2.45) is 7.05 Å². The molecule has 3 heteroatoms. The van der Waals surface area contributed by atoms with Crippen LogP contribution >= 0.6 is 0 Å². The van der Waals surface area contributed by atoms with Gasteiger partial charge in [-0.1, -0.05) is 12.1 Å². The second-order valence-corrected chi connectivity index (χ2v) is 3.76. The lowest BCUT2D eigenvalue weighted by molar-refractivity contribution is -0.645. The molecule has 0 atom stereocenters. The summed E-state index contributed by atoms with van der Waals surface area (Å²) in [6.07, 6.45) is 1.85. The third-order valence-electron chi connectivity index (χ3n) is 2.56. The van der Waals surface area contributed by atoms with Gasteiger partial charge in [-0.3, -0.25) is 4.79 Å². The number of para-hydroxylation sites is 1. The van der Waals surface area contributed by atoms with Crippen LogP contribution in [-0.2, 0) is 7.05 Å². The molecule has 1 amide bonds. The summed E-state index contributed by atoms with van der Waals surface area (Å²) in [7, 11) is 1.95. The van der Waals surface area contributed by atoms with Crippen LogP contribution in [-0.4, -0.2) is 12.5 Å². The Hall–Kier alpha value is -1.90. The Labute approximate surface area is 94.7 Å². The Kier molecular flexibility index (Phi) is 2.86. The SMILES string of the molecule is CCNC(=O)c1cc2ccccc2[n+](C)c1. The lowest BCUT2D eigenvalue weighted by Crippen LogP contribution is -2.32. The molecule has 1 aromatic carbocycles. The molecule has 0 aliphatic heterocycles. The Morgan fingerprint density at radius 2 is 2.12 bits per heavy atom. The molecule has 0 saturated heterocycles. The molecule has 16 heavy (non-hydrogen) atoms. The van der Waals surface area contributed by atoms with Crippen molar-refractivity contribution in [2.45, 2.75) is 6.92 Å². The van der Waals surface area contributed by atoms with Gasteiger partial charge in [-0.2, -0.15) is 0 Å². The Morgan fingerprint density at radius 1 is 1.38 bits per heavy atom. The first kappa shape index (κ1) is 10.6. The fraction of sp³-hybridized carbons (Fsp3) is 0.231. The number of hydrogen-bond donors (Lipinski definition) is 1. The van der Waals surface area contributed by atoms with Crippen molar-refractivity contribution >= 4 is 16.8 Å². The first-order valence-corrected chi connectivity index (χ1v) is 5.39. The van der Waals surface area contributed by atoms with Crippen molar-refractivity contribution in [3.8, 4) is 0 Å². The van der Waals surface area contributed by atoms with E-state index < -0.39 is 0 Å². The molecule has 82 valence electrons. The third-order valence-corrected chi connectivity index (χ3v) is 2.56. The van der Waals surface area contributed by atoms with E-state index in [1.165, 1.54) is 0 Å². The molecule has 0 saturated carbocycles. The predicted octanol–water partition coefficient (Wildman–Crippen LogP) is 1.41. The van der Waals surface area contributed by atoms with Gasteiger partial charge in [-0.25, -0.2) is 4.57 Å². The molecule has 3 nitrogen and oxygen atoms in total. The van der Waals surface area contributed by atoms with Crippen LogP contribution in [0.25, 0.3) is 10.9 Å². The molecule has 0 fully saturated rings. The average Bonchev–Trinajstić information content (AvgIpc) is 2.29. The number of rotatable bonds is 2. The largest absolute Gasteiger partial charge is 0.352 e. The predicted molar refractivity (Wildman–Crippen MR) is 63.1 cm³/mol. The molecule has 2 aromatic rings. The van der Waals surface area contributed by atoms with E-state index >= 15 is 0 Å². The van der Waals surface area contributed by atoms with Gasteiger partial charge in [-0.15, -0.1) is 0 Å². The Morgan fingerprint density at radius 3 is 2.88 bits per heavy atom. The maximum Gasteiger partial charge on any atom is 0.257 e. The van der Waals surface area contributed by atoms with Crippen LogP contribution in [0.15, 0.2) is 36.5 Å². The maximum atomic E-state index is 11.7. The molecule has 1 N–H and O–H groups in total. The summed E-state index contributed by atoms with van der Waals surface area (Å²) in [5.74, 6) is -0.0242. The van der Waals surface area contributed by atoms with Crippen molar-refractivity contribution in [2.75, 3.05) is 6.54 Å². The Balaban J connectivity index is 2.53. The molecule has 0 radical (unpaired) electrons. The van der Waals surface area contributed by atoms with Gasteiger partial charge in [0, 0.05) is 18.0 Å². The van der Waals surface area contributed by atoms with Crippen LogP contribution in [0.2, 0.25) is 0 Å². The second-order valence-electron chi connectivity index (χ2n) is 3.76. The minimum Gasteiger partial charge on any atom is -0.352 e. The van der Waals surface area contributed by atoms with E-state index in [0.29, 0.717) is 12.1 Å². The molecular weight excluding hydrogens is 200 g/mol. The van der Waals surface area contributed by atoms with Crippen LogP contribution < -0.4 is 9.88 Å². The van der Waals surface area contributed by atoms with Crippen molar-refractivity contribution in [1.29, 1.82) is 0 Å². The van der Waals surface area contributed by atoms with Crippen LogP contribution in [0.3, 0.4) is 0 Å². The normalized spacial score (nSPS) is 10.4. The fourth-order valence-corrected chi connectivity index (χ4v) is 1.80. The number of benzene rings is 1. The zero-order valence-corrected chi connectivity index (χ0v) is 9.53. The van der Waals surface area contributed by atoms with Crippen LogP contribution in [0, 0.1) is 0 Å². The first-order chi connectivity index (χ1) is 7.72. The molecule has 1 aromatic heterocycles. The van der Waals surface area contributed by atoms with Crippen molar-refractivity contribution in [3.05, 3.63) is 42.1 Å². The van der Waals surface area contributed by atoms with Crippen LogP contribution in [0.4, 0.5) is 0 Å². The van der Waals surface area contributed by atoms with E-state index in [1.54, 1.807) is 0 Å². The van der Waals surface area contributed by atoms with Gasteiger partial charge in [0.05, 0.1) is 0 Å². The van der Waals surface area contributed by atoms with Gasteiger partial charge < -0.3 is 5.32 Å². The highest BCUT2D eigenvalue weighted by Gasteiger charge is 2.12. The first-order valence-electron chi connectivity index (χ1n) is 5.39. The van der Waals surface area contributed by atoms with Gasteiger partial charge >= 0.3 is 0 Å². The van der Waals surface area contributed by atoms with Crippen molar-refractivity contribution in [1.82, 2.24) is 5.32 Å². The summed E-state index contributed by atoms with van der Waals surface area (Å²) in [6, 6.07) is 9.94. The minimum absolute atomic E-state index is 0.0242. The van der Waals surface area contributed by atoms with Gasteiger partial charge in [0.25, 0.3) is 5.91 Å². The van der Waals surface area contributed by atoms with Gasteiger partial charge in [-0.05, 0) is 19.1 Å². The average molecular weight is 215 g/mol. The van der Waals surface area contributed by atoms with Crippen molar-refractivity contribution < 1.29 is 9.36 Å². The molecule has 0 aliphatic carbocycles. The van der Waals surface area contributed by atoms with E-state index in [0.717, 1.165) is 10.9 Å². The number of pyridine rings is 1. The smallest absolute Gasteiger partial charge is 0.257 e. The van der Waals surface area contributed by atoms with Crippen LogP contribution in [0.1, 0.15) is 17.3 Å². The lowest BCUT2D eigenvalue weighted by Gasteiger charge is -2.02. The van der Waals surface area contributed by atoms with E-state index in [9.17, 15) is 4.79 Å². The maximum absolute atomic E-state index is 11.7. The highest BCUT2D eigenvalue weighted by Crippen LogP contribution is 2.10. The fourth-order valence-electron chi connectivity index (χ4n) is 1.80. The molecular formula is C13H15N2O+. The molecule has 0 spiro atoms. The van der Waals surface area contributed by atoms with Gasteiger partial charge in [0.15, 0.2) is 6.20 Å². The number of hydrogen-bond acceptors (Lipinski definition) is 1. The number of aromatic nitrogens is 1. The van der Waals surface area contributed by atoms with Crippen LogP contribution in [0.5, 0.6) is 0 Å². The lowest BCUT2D eigenvalue weighted by atomic mass is 10.1. The number of nitrogens with one attached hydrogen (secondary N) is 1. The quantitative estimate of drug-likeness (QED) is 0.755. The van der Waals surface area contributed by atoms with Gasteiger partial charge in [0.1, 0.15) is 12.6 Å². The monoisotopic (exact) mass is 215 g/mol. The molecule has 0 aliphatic rings. The van der Waals surface area contributed by atoms with E-state index in [4.69, 9.17) is 0 Å². The number of fused-ring (bicyclic) bond motifs is 1. The molecule has 0 bridgehead atoms. The standard InChI is InChI=1S/C13H14N2O/c1-3-14-13(16)11-8-10-6-4-5-7-12(10)15(2)9-11/h4-9H,3H2,1-2H3/p+1. The molecule has 1 heterocycles. The topological polar surface area (TPSA) is 33.0 Å². The number of carbonyl (C=O) groups excluding carboxylic acids is 1. The van der Waals surface area contributed by atoms with Gasteiger partial charge in [0.2, 0.25) is 5.52 Å².